The molecule has 0 amide bonds. The second-order valence-corrected chi connectivity index (χ2v) is 14.4. The van der Waals surface area contributed by atoms with Crippen molar-refractivity contribution in [2.75, 3.05) is 70.7 Å². The molecule has 3 aliphatic rings. The number of aromatic nitrogens is 2. The molecule has 0 spiro atoms. The predicted octanol–water partition coefficient (Wildman–Crippen LogP) is 5.36. The van der Waals surface area contributed by atoms with E-state index in [4.69, 9.17) is 31.8 Å². The van der Waals surface area contributed by atoms with E-state index in [1.807, 2.05) is 30.0 Å². The summed E-state index contributed by atoms with van der Waals surface area (Å²) in [6.07, 6.45) is 0.763. The van der Waals surface area contributed by atoms with Crippen molar-refractivity contribution in [2.24, 2.45) is 0 Å². The van der Waals surface area contributed by atoms with Crippen molar-refractivity contribution in [3.63, 3.8) is 0 Å². The van der Waals surface area contributed by atoms with Gasteiger partial charge in [-0.15, -0.1) is 11.3 Å². The van der Waals surface area contributed by atoms with Crippen molar-refractivity contribution in [1.82, 2.24) is 19.8 Å². The fourth-order valence-electron chi connectivity index (χ4n) is 7.33. The molecule has 4 aromatic rings. The van der Waals surface area contributed by atoms with Gasteiger partial charge in [0, 0.05) is 50.0 Å². The molecule has 7 rings (SSSR count). The Morgan fingerprint density at radius 2 is 2.08 bits per heavy atom. The zero-order valence-electron chi connectivity index (χ0n) is 26.5. The fraction of sp³-hybridized carbons (Fsp3) is 0.485. The lowest BCUT2D eigenvalue weighted by Crippen LogP contribution is -2.43. The van der Waals surface area contributed by atoms with Gasteiger partial charge in [0.05, 0.1) is 32.8 Å². The monoisotopic (exact) mass is 701 g/mol. The van der Waals surface area contributed by atoms with E-state index in [-0.39, 0.29) is 72.7 Å². The first kappa shape index (κ1) is 32.9. The SMILES string of the molecule is CN(C)CCN1CCC(CO)Oc2c(Cl)c(-c3ccc(F)c4sc(N)c(C#N)c34)c(F)c3nc(OC[C@@]45CCCN4C[C@H](F)C5)nc1c23. The Kier molecular flexibility index (Phi) is 8.70. The number of alkyl halides is 1. The van der Waals surface area contributed by atoms with Crippen LogP contribution >= 0.6 is 22.9 Å². The smallest absolute Gasteiger partial charge is 0.319 e. The molecule has 254 valence electrons. The molecule has 2 fully saturated rings. The number of nitrogens with zero attached hydrogens (tertiary/aromatic N) is 6. The van der Waals surface area contributed by atoms with E-state index >= 15 is 8.78 Å². The summed E-state index contributed by atoms with van der Waals surface area (Å²) in [6.45, 7) is 2.47. The van der Waals surface area contributed by atoms with Gasteiger partial charge < -0.3 is 30.1 Å². The molecule has 10 nitrogen and oxygen atoms in total. The molecule has 3 N–H and O–H groups in total. The van der Waals surface area contributed by atoms with Crippen LogP contribution in [-0.2, 0) is 0 Å². The van der Waals surface area contributed by atoms with Crippen molar-refractivity contribution < 1.29 is 27.8 Å². The van der Waals surface area contributed by atoms with E-state index in [1.165, 1.54) is 12.1 Å². The van der Waals surface area contributed by atoms with Crippen molar-refractivity contribution >= 4 is 54.7 Å². The third-order valence-electron chi connectivity index (χ3n) is 9.70. The summed E-state index contributed by atoms with van der Waals surface area (Å²) in [5.74, 6) is -1.08. The average Bonchev–Trinajstić information content (AvgIpc) is 3.70. The summed E-state index contributed by atoms with van der Waals surface area (Å²) in [6, 6.07) is 4.45. The fourth-order valence-corrected chi connectivity index (χ4v) is 8.60. The highest BCUT2D eigenvalue weighted by molar-refractivity contribution is 7.23. The van der Waals surface area contributed by atoms with Gasteiger partial charge in [-0.25, -0.2) is 13.2 Å². The van der Waals surface area contributed by atoms with Crippen LogP contribution in [0.2, 0.25) is 5.02 Å². The zero-order chi connectivity index (χ0) is 33.9. The molecule has 2 aromatic carbocycles. The predicted molar refractivity (Wildman–Crippen MR) is 180 cm³/mol. The van der Waals surface area contributed by atoms with Crippen molar-refractivity contribution in [3.8, 4) is 29.0 Å². The topological polar surface area (TPSA) is 124 Å². The van der Waals surface area contributed by atoms with Crippen LogP contribution in [0.5, 0.6) is 11.8 Å². The van der Waals surface area contributed by atoms with Crippen LogP contribution in [0.25, 0.3) is 32.1 Å². The van der Waals surface area contributed by atoms with E-state index in [0.717, 1.165) is 30.7 Å². The minimum absolute atomic E-state index is 0.00208. The second-order valence-electron chi connectivity index (χ2n) is 13.0. The number of rotatable bonds is 8. The average molecular weight is 702 g/mol. The van der Waals surface area contributed by atoms with Gasteiger partial charge in [-0.1, -0.05) is 17.7 Å². The summed E-state index contributed by atoms with van der Waals surface area (Å²) in [5.41, 5.74) is 5.42. The normalized spacial score (nSPS) is 22.6. The van der Waals surface area contributed by atoms with Gasteiger partial charge in [0.1, 0.15) is 47.1 Å². The number of nitrogen functional groups attached to an aromatic ring is 1. The molecule has 0 saturated carbocycles. The van der Waals surface area contributed by atoms with Gasteiger partial charge in [-0.05, 0) is 45.1 Å². The lowest BCUT2D eigenvalue weighted by atomic mass is 9.95. The Hall–Kier alpha value is -3.61. The molecule has 3 atom stereocenters. The molecule has 5 heterocycles. The standard InChI is InChI=1S/C33H35ClF3N7O3S/c1-42(2)10-11-43-9-6-18(15-45)47-28-24-27(40-32(41-31(24)43)46-16-33-7-3-8-44(33)14-17(35)12-33)26(37)23(25(28)34)19-4-5-21(36)29-22(19)20(13-38)30(39)48-29/h4-5,17-18,45H,3,6-12,14-16,39H2,1-2H3/t17-,18?,33+/m1/s1. The molecule has 48 heavy (non-hydrogen) atoms. The number of nitrogens with two attached hydrogens (primary N) is 1. The largest absolute Gasteiger partial charge is 0.486 e. The van der Waals surface area contributed by atoms with Crippen molar-refractivity contribution in [1.29, 1.82) is 5.26 Å². The van der Waals surface area contributed by atoms with Crippen LogP contribution in [0.1, 0.15) is 31.2 Å². The first-order chi connectivity index (χ1) is 23.0. The minimum atomic E-state index is -0.959. The number of aliphatic hydroxyl groups is 1. The number of likely N-dealkylation sites (N-methyl/N-ethyl adjacent to an activating group) is 1. The molecule has 2 saturated heterocycles. The molecule has 15 heteroatoms. The Morgan fingerprint density at radius 3 is 2.83 bits per heavy atom. The van der Waals surface area contributed by atoms with Crippen molar-refractivity contribution in [2.45, 2.75) is 43.5 Å². The van der Waals surface area contributed by atoms with Crippen LogP contribution in [-0.4, -0.2) is 103 Å². The van der Waals surface area contributed by atoms with Crippen LogP contribution in [0.4, 0.5) is 24.0 Å². The van der Waals surface area contributed by atoms with Gasteiger partial charge in [0.15, 0.2) is 11.6 Å². The Bertz CT molecular complexity index is 1960. The number of anilines is 2. The highest BCUT2D eigenvalue weighted by Gasteiger charge is 2.49. The third-order valence-corrected chi connectivity index (χ3v) is 11.1. The third kappa shape index (κ3) is 5.45. The summed E-state index contributed by atoms with van der Waals surface area (Å²) >= 11 is 7.94. The molecule has 3 aliphatic heterocycles. The molecule has 0 radical (unpaired) electrons. The highest BCUT2D eigenvalue weighted by Crippen LogP contribution is 2.51. The van der Waals surface area contributed by atoms with E-state index in [0.29, 0.717) is 44.8 Å². The number of ether oxygens (including phenoxy) is 2. The number of halogens is 4. The maximum Gasteiger partial charge on any atom is 0.319 e. The first-order valence-electron chi connectivity index (χ1n) is 15.9. The summed E-state index contributed by atoms with van der Waals surface area (Å²) in [5, 5.41) is 20.5. The number of hydrogen-bond donors (Lipinski definition) is 2. The summed E-state index contributed by atoms with van der Waals surface area (Å²) in [4.78, 5) is 15.5. The number of nitriles is 1. The number of aliphatic hydroxyl groups excluding tert-OH is 1. The van der Waals surface area contributed by atoms with Crippen LogP contribution in [0.3, 0.4) is 0 Å². The highest BCUT2D eigenvalue weighted by atomic mass is 35.5. The molecule has 0 aliphatic carbocycles. The van der Waals surface area contributed by atoms with Gasteiger partial charge in [0.25, 0.3) is 0 Å². The number of benzene rings is 2. The lowest BCUT2D eigenvalue weighted by molar-refractivity contribution is 0.106. The van der Waals surface area contributed by atoms with E-state index in [1.54, 1.807) is 0 Å². The number of thiophene rings is 1. The van der Waals surface area contributed by atoms with E-state index in [2.05, 4.69) is 9.88 Å². The first-order valence-corrected chi connectivity index (χ1v) is 17.1. The zero-order valence-corrected chi connectivity index (χ0v) is 28.1. The van der Waals surface area contributed by atoms with E-state index in [9.17, 15) is 14.8 Å². The van der Waals surface area contributed by atoms with Gasteiger partial charge in [0.2, 0.25) is 0 Å². The maximum absolute atomic E-state index is 17.2. The minimum Gasteiger partial charge on any atom is -0.486 e. The van der Waals surface area contributed by atoms with Gasteiger partial charge in [-0.2, -0.15) is 15.2 Å². The van der Waals surface area contributed by atoms with E-state index < -0.39 is 29.4 Å². The number of hydrogen-bond acceptors (Lipinski definition) is 11. The Balaban J connectivity index is 1.47. The quantitative estimate of drug-likeness (QED) is 0.248. The molecule has 0 bridgehead atoms. The van der Waals surface area contributed by atoms with Gasteiger partial charge in [-0.3, -0.25) is 4.90 Å². The lowest BCUT2D eigenvalue weighted by Gasteiger charge is -2.33. The second kappa shape index (κ2) is 12.7. The van der Waals surface area contributed by atoms with Crippen LogP contribution in [0.15, 0.2) is 12.1 Å². The summed E-state index contributed by atoms with van der Waals surface area (Å²) < 4.78 is 59.4. The van der Waals surface area contributed by atoms with Crippen LogP contribution in [0, 0.1) is 23.0 Å². The van der Waals surface area contributed by atoms with Crippen molar-refractivity contribution in [3.05, 3.63) is 34.4 Å². The number of fused-ring (bicyclic) bond motifs is 2. The molecule has 1 unspecified atom stereocenters. The Labute approximate surface area is 284 Å². The van der Waals surface area contributed by atoms with Crippen LogP contribution < -0.4 is 20.1 Å². The molecule has 2 aromatic heterocycles. The molecular weight excluding hydrogens is 667 g/mol. The maximum atomic E-state index is 17.2. The van der Waals surface area contributed by atoms with Gasteiger partial charge >= 0.3 is 6.01 Å². The summed E-state index contributed by atoms with van der Waals surface area (Å²) in [7, 11) is 3.88. The molecular formula is C33H35ClF3N7O3S. The Morgan fingerprint density at radius 1 is 1.27 bits per heavy atom.